The third-order valence-corrected chi connectivity index (χ3v) is 3.95. The van der Waals surface area contributed by atoms with Gasteiger partial charge in [0, 0.05) is 24.7 Å². The van der Waals surface area contributed by atoms with Crippen LogP contribution in [0.5, 0.6) is 0 Å². The first kappa shape index (κ1) is 15.3. The summed E-state index contributed by atoms with van der Waals surface area (Å²) in [4.78, 5) is 14.3. The number of carbonyl (C=O) groups is 1. The van der Waals surface area contributed by atoms with E-state index in [2.05, 4.69) is 12.1 Å². The maximum absolute atomic E-state index is 12.5. The van der Waals surface area contributed by atoms with Crippen molar-refractivity contribution in [2.24, 2.45) is 0 Å². The summed E-state index contributed by atoms with van der Waals surface area (Å²) in [5.41, 5.74) is 2.38. The molecule has 3 aromatic rings. The number of fused-ring (bicyclic) bond motifs is 1. The lowest BCUT2D eigenvalue weighted by Gasteiger charge is -2.16. The van der Waals surface area contributed by atoms with Crippen LogP contribution in [0.25, 0.3) is 22.2 Å². The molecule has 1 aromatic heterocycles. The fourth-order valence-electron chi connectivity index (χ4n) is 2.59. The van der Waals surface area contributed by atoms with Gasteiger partial charge in [-0.1, -0.05) is 48.8 Å². The van der Waals surface area contributed by atoms with Gasteiger partial charge >= 0.3 is 0 Å². The monoisotopic (exact) mass is 308 g/mol. The van der Waals surface area contributed by atoms with E-state index < -0.39 is 0 Å². The highest BCUT2D eigenvalue weighted by Gasteiger charge is 2.16. The summed E-state index contributed by atoms with van der Waals surface area (Å²) in [5, 5.41) is 4.96. The van der Waals surface area contributed by atoms with Crippen molar-refractivity contribution >= 4 is 16.8 Å². The first-order chi connectivity index (χ1) is 11.2. The summed E-state index contributed by atoms with van der Waals surface area (Å²) in [6.45, 7) is 2.89. The molecule has 3 rings (SSSR count). The van der Waals surface area contributed by atoms with Crippen molar-refractivity contribution in [2.45, 2.75) is 19.8 Å². The fourth-order valence-corrected chi connectivity index (χ4v) is 2.59. The second-order valence-corrected chi connectivity index (χ2v) is 5.69. The van der Waals surface area contributed by atoms with E-state index in [0.717, 1.165) is 35.9 Å². The summed E-state index contributed by atoms with van der Waals surface area (Å²) < 4.78 is 5.49. The number of carbonyl (C=O) groups excluding carboxylic acids is 1. The van der Waals surface area contributed by atoms with Crippen molar-refractivity contribution in [3.63, 3.8) is 0 Å². The fraction of sp³-hybridized carbons (Fsp3) is 0.263. The van der Waals surface area contributed by atoms with Crippen molar-refractivity contribution in [1.29, 1.82) is 0 Å². The van der Waals surface area contributed by atoms with Crippen molar-refractivity contribution < 1.29 is 9.32 Å². The van der Waals surface area contributed by atoms with E-state index in [9.17, 15) is 4.79 Å². The molecule has 0 aliphatic rings. The first-order valence-electron chi connectivity index (χ1n) is 7.91. The molecule has 0 saturated heterocycles. The van der Waals surface area contributed by atoms with Crippen LogP contribution in [-0.4, -0.2) is 29.6 Å². The molecule has 23 heavy (non-hydrogen) atoms. The van der Waals surface area contributed by atoms with Crippen LogP contribution in [0.1, 0.15) is 30.1 Å². The maximum atomic E-state index is 12.5. The van der Waals surface area contributed by atoms with Gasteiger partial charge in [0.15, 0.2) is 5.76 Å². The molecule has 0 unspecified atom stereocenters. The minimum Gasteiger partial charge on any atom is -0.355 e. The highest BCUT2D eigenvalue weighted by Crippen LogP contribution is 2.29. The second-order valence-electron chi connectivity index (χ2n) is 5.69. The summed E-state index contributed by atoms with van der Waals surface area (Å²) in [6, 6.07) is 15.3. The lowest BCUT2D eigenvalue weighted by Crippen LogP contribution is -2.27. The summed E-state index contributed by atoms with van der Waals surface area (Å²) in [7, 11) is 1.84. The number of benzene rings is 2. The van der Waals surface area contributed by atoms with Crippen LogP contribution in [0.3, 0.4) is 0 Å². The van der Waals surface area contributed by atoms with Gasteiger partial charge in [0.1, 0.15) is 5.52 Å². The zero-order valence-electron chi connectivity index (χ0n) is 13.5. The second kappa shape index (κ2) is 6.65. The smallest absolute Gasteiger partial charge is 0.253 e. The molecule has 0 fully saturated rings. The van der Waals surface area contributed by atoms with Crippen LogP contribution >= 0.6 is 0 Å². The predicted molar refractivity (Wildman–Crippen MR) is 91.3 cm³/mol. The molecule has 0 spiro atoms. The van der Waals surface area contributed by atoms with E-state index in [4.69, 9.17) is 4.52 Å². The van der Waals surface area contributed by atoms with E-state index >= 15 is 0 Å². The molecule has 4 heteroatoms. The van der Waals surface area contributed by atoms with Crippen LogP contribution in [-0.2, 0) is 0 Å². The van der Waals surface area contributed by atoms with Crippen molar-refractivity contribution in [3.05, 3.63) is 54.1 Å². The molecule has 0 aliphatic heterocycles. The molecule has 0 N–H and O–H groups in total. The highest BCUT2D eigenvalue weighted by molar-refractivity contribution is 6.00. The zero-order valence-corrected chi connectivity index (χ0v) is 13.5. The van der Waals surface area contributed by atoms with Gasteiger partial charge < -0.3 is 9.42 Å². The van der Waals surface area contributed by atoms with Crippen molar-refractivity contribution in [3.8, 4) is 11.3 Å². The van der Waals surface area contributed by atoms with Gasteiger partial charge in [-0.2, -0.15) is 0 Å². The van der Waals surface area contributed by atoms with Gasteiger partial charge in [-0.25, -0.2) is 0 Å². The Kier molecular flexibility index (Phi) is 4.42. The average Bonchev–Trinajstić information content (AvgIpc) is 3.02. The minimum atomic E-state index is 0.0283. The molecule has 1 heterocycles. The van der Waals surface area contributed by atoms with Crippen LogP contribution in [0.4, 0.5) is 0 Å². The van der Waals surface area contributed by atoms with Gasteiger partial charge in [0.2, 0.25) is 0 Å². The zero-order chi connectivity index (χ0) is 16.2. The van der Waals surface area contributed by atoms with Gasteiger partial charge in [-0.05, 0) is 24.6 Å². The van der Waals surface area contributed by atoms with Crippen molar-refractivity contribution in [1.82, 2.24) is 10.1 Å². The quantitative estimate of drug-likeness (QED) is 0.703. The summed E-state index contributed by atoms with van der Waals surface area (Å²) in [6.07, 6.45) is 2.08. The molecule has 4 nitrogen and oxygen atoms in total. The molecule has 0 bridgehead atoms. The molecule has 0 atom stereocenters. The number of rotatable bonds is 5. The van der Waals surface area contributed by atoms with Gasteiger partial charge in [-0.15, -0.1) is 0 Å². The Labute approximate surface area is 135 Å². The predicted octanol–water partition coefficient (Wildman–Crippen LogP) is 4.37. The standard InChI is InChI=1S/C19H20N2O2/c1-3-4-12-21(2)19(22)15-10-11-17-16(13-15)18(23-20-17)14-8-6-5-7-9-14/h5-11,13H,3-4,12H2,1-2H3. The van der Waals surface area contributed by atoms with E-state index in [1.54, 1.807) is 4.90 Å². The Morgan fingerprint density at radius 3 is 2.70 bits per heavy atom. The average molecular weight is 308 g/mol. The largest absolute Gasteiger partial charge is 0.355 e. The van der Waals surface area contributed by atoms with Gasteiger partial charge in [-0.3, -0.25) is 4.79 Å². The lowest BCUT2D eigenvalue weighted by atomic mass is 10.1. The van der Waals surface area contributed by atoms with E-state index in [-0.39, 0.29) is 5.91 Å². The van der Waals surface area contributed by atoms with E-state index in [1.165, 1.54) is 0 Å². The molecule has 0 radical (unpaired) electrons. The number of nitrogens with zero attached hydrogens (tertiary/aromatic N) is 2. The Bertz CT molecular complexity index is 809. The molecule has 0 aliphatic carbocycles. The number of amides is 1. The van der Waals surface area contributed by atoms with Crippen LogP contribution < -0.4 is 0 Å². The molecule has 118 valence electrons. The Morgan fingerprint density at radius 1 is 1.17 bits per heavy atom. The molecule has 0 saturated carbocycles. The van der Waals surface area contributed by atoms with E-state index in [1.807, 2.05) is 55.6 Å². The molecule has 1 amide bonds. The first-order valence-corrected chi connectivity index (χ1v) is 7.91. The minimum absolute atomic E-state index is 0.0283. The summed E-state index contributed by atoms with van der Waals surface area (Å²) in [5.74, 6) is 0.729. The number of unbranched alkanes of at least 4 members (excludes halogenated alkanes) is 1. The SMILES string of the molecule is CCCCN(C)C(=O)c1ccc2noc(-c3ccccc3)c2c1. The Morgan fingerprint density at radius 2 is 1.96 bits per heavy atom. The lowest BCUT2D eigenvalue weighted by molar-refractivity contribution is 0.0793. The van der Waals surface area contributed by atoms with Gasteiger partial charge in [0.05, 0.1) is 5.39 Å². The number of hydrogen-bond acceptors (Lipinski definition) is 3. The summed E-state index contributed by atoms with van der Waals surface area (Å²) >= 11 is 0. The Hall–Kier alpha value is -2.62. The number of hydrogen-bond donors (Lipinski definition) is 0. The maximum Gasteiger partial charge on any atom is 0.253 e. The normalized spacial score (nSPS) is 10.9. The third kappa shape index (κ3) is 3.11. The molecular formula is C19H20N2O2. The van der Waals surface area contributed by atoms with Gasteiger partial charge in [0.25, 0.3) is 5.91 Å². The van der Waals surface area contributed by atoms with Crippen molar-refractivity contribution in [2.75, 3.05) is 13.6 Å². The topological polar surface area (TPSA) is 46.3 Å². The van der Waals surface area contributed by atoms with Crippen LogP contribution in [0.15, 0.2) is 53.1 Å². The van der Waals surface area contributed by atoms with Crippen LogP contribution in [0.2, 0.25) is 0 Å². The molecule has 2 aromatic carbocycles. The molecular weight excluding hydrogens is 288 g/mol. The number of aromatic nitrogens is 1. The third-order valence-electron chi connectivity index (χ3n) is 3.95. The van der Waals surface area contributed by atoms with Crippen LogP contribution in [0, 0.1) is 0 Å². The Balaban J connectivity index is 1.97. The van der Waals surface area contributed by atoms with E-state index in [0.29, 0.717) is 11.3 Å². The highest BCUT2D eigenvalue weighted by atomic mass is 16.5.